The van der Waals surface area contributed by atoms with Crippen molar-refractivity contribution in [3.05, 3.63) is 23.8 Å². The van der Waals surface area contributed by atoms with Crippen LogP contribution in [0.1, 0.15) is 30.1 Å². The van der Waals surface area contributed by atoms with Crippen LogP contribution >= 0.6 is 25.3 Å². The Morgan fingerprint density at radius 2 is 2.18 bits per heavy atom. The van der Waals surface area contributed by atoms with E-state index in [4.69, 9.17) is 9.47 Å². The fourth-order valence-electron chi connectivity index (χ4n) is 1.38. The quantitative estimate of drug-likeness (QED) is 0.616. The second-order valence-electron chi connectivity index (χ2n) is 3.53. The Labute approximate surface area is 112 Å². The van der Waals surface area contributed by atoms with Gasteiger partial charge < -0.3 is 9.47 Å². The molecule has 3 nitrogen and oxygen atoms in total. The van der Waals surface area contributed by atoms with Crippen LogP contribution in [0.15, 0.2) is 18.2 Å². The molecule has 0 bridgehead atoms. The van der Waals surface area contributed by atoms with Gasteiger partial charge in [-0.1, -0.05) is 13.3 Å². The van der Waals surface area contributed by atoms with E-state index in [9.17, 15) is 4.79 Å². The van der Waals surface area contributed by atoms with Crippen molar-refractivity contribution in [2.75, 3.05) is 7.11 Å². The van der Waals surface area contributed by atoms with Gasteiger partial charge in [-0.15, -0.1) is 25.3 Å². The highest BCUT2D eigenvalue weighted by Crippen LogP contribution is 2.27. The van der Waals surface area contributed by atoms with Crippen molar-refractivity contribution in [2.45, 2.75) is 25.2 Å². The maximum atomic E-state index is 11.2. The third-order valence-electron chi connectivity index (χ3n) is 2.21. The van der Waals surface area contributed by atoms with Gasteiger partial charge in [0.25, 0.3) is 0 Å². The molecular formula is C12H16O3S2. The summed E-state index contributed by atoms with van der Waals surface area (Å²) >= 11 is 8.08. The van der Waals surface area contributed by atoms with E-state index in [1.807, 2.05) is 0 Å². The summed E-state index contributed by atoms with van der Waals surface area (Å²) < 4.78 is 10.7. The van der Waals surface area contributed by atoms with Gasteiger partial charge in [-0.2, -0.15) is 0 Å². The lowest BCUT2D eigenvalue weighted by Crippen LogP contribution is -2.08. The van der Waals surface area contributed by atoms with E-state index in [2.05, 4.69) is 32.2 Å². The molecule has 0 aliphatic heterocycles. The van der Waals surface area contributed by atoms with E-state index in [0.717, 1.165) is 12.8 Å². The minimum atomic E-state index is -0.329. The van der Waals surface area contributed by atoms with Gasteiger partial charge in [0.05, 0.1) is 12.7 Å². The Bertz CT molecular complexity index is 393. The Morgan fingerprint density at radius 3 is 2.71 bits per heavy atom. The first-order chi connectivity index (χ1) is 8.08. The molecule has 0 aliphatic carbocycles. The minimum absolute atomic E-state index is 0.151. The normalized spacial score (nSPS) is 12.0. The van der Waals surface area contributed by atoms with Gasteiger partial charge in [-0.3, -0.25) is 4.79 Å². The molecule has 1 atom stereocenters. The first-order valence-corrected chi connectivity index (χ1v) is 6.31. The first kappa shape index (κ1) is 14.3. The summed E-state index contributed by atoms with van der Waals surface area (Å²) in [4.78, 5) is 11.2. The number of rotatable bonds is 6. The second-order valence-corrected chi connectivity index (χ2v) is 4.51. The van der Waals surface area contributed by atoms with Crippen LogP contribution < -0.4 is 9.47 Å². The highest BCUT2D eigenvalue weighted by molar-refractivity contribution is 7.97. The number of benzene rings is 1. The molecule has 17 heavy (non-hydrogen) atoms. The standard InChI is InChI=1S/C12H16O3S2/c1-3-4-11(16)15-8-5-6-9(12(13)17)10(7-8)14-2/h5-7,11,16H,3-4H2,1-2H3,(H,13,17). The molecule has 0 saturated heterocycles. The van der Waals surface area contributed by atoms with E-state index < -0.39 is 0 Å². The average molecular weight is 272 g/mol. The molecule has 1 unspecified atom stereocenters. The van der Waals surface area contributed by atoms with Crippen molar-refractivity contribution >= 4 is 30.4 Å². The lowest BCUT2D eigenvalue weighted by Gasteiger charge is -2.14. The second kappa shape index (κ2) is 6.81. The van der Waals surface area contributed by atoms with Crippen molar-refractivity contribution in [2.24, 2.45) is 0 Å². The molecule has 1 aromatic carbocycles. The number of hydrogen-bond donors (Lipinski definition) is 2. The Balaban J connectivity index is 2.86. The van der Waals surface area contributed by atoms with Crippen LogP contribution in [0.3, 0.4) is 0 Å². The van der Waals surface area contributed by atoms with Crippen molar-refractivity contribution in [1.29, 1.82) is 0 Å². The summed E-state index contributed by atoms with van der Waals surface area (Å²) in [5.74, 6) is 1.09. The van der Waals surface area contributed by atoms with Crippen LogP contribution in [0.25, 0.3) is 0 Å². The molecule has 0 aromatic heterocycles. The van der Waals surface area contributed by atoms with Crippen molar-refractivity contribution < 1.29 is 14.3 Å². The molecular weight excluding hydrogens is 256 g/mol. The Kier molecular flexibility index (Phi) is 5.71. The predicted octanol–water partition coefficient (Wildman–Crippen LogP) is 3.20. The molecule has 94 valence electrons. The molecule has 1 aromatic rings. The lowest BCUT2D eigenvalue weighted by atomic mass is 10.2. The fraction of sp³-hybridized carbons (Fsp3) is 0.417. The number of carbonyl (C=O) groups excluding carboxylic acids is 1. The fourth-order valence-corrected chi connectivity index (χ4v) is 1.95. The zero-order valence-corrected chi connectivity index (χ0v) is 11.6. The summed E-state index contributed by atoms with van der Waals surface area (Å²) in [7, 11) is 1.50. The monoisotopic (exact) mass is 272 g/mol. The van der Waals surface area contributed by atoms with Crippen LogP contribution in [-0.2, 0) is 0 Å². The number of hydrogen-bond acceptors (Lipinski definition) is 4. The van der Waals surface area contributed by atoms with E-state index in [1.54, 1.807) is 18.2 Å². The largest absolute Gasteiger partial charge is 0.496 e. The number of carbonyl (C=O) groups is 1. The van der Waals surface area contributed by atoms with Gasteiger partial charge in [0.15, 0.2) is 0 Å². The van der Waals surface area contributed by atoms with Gasteiger partial charge in [-0.25, -0.2) is 0 Å². The maximum absolute atomic E-state index is 11.2. The summed E-state index contributed by atoms with van der Waals surface area (Å²) in [5, 5.41) is -0.329. The molecule has 0 aliphatic rings. The third kappa shape index (κ3) is 4.16. The van der Waals surface area contributed by atoms with Gasteiger partial charge in [0.2, 0.25) is 5.12 Å². The van der Waals surface area contributed by atoms with Crippen molar-refractivity contribution in [3.63, 3.8) is 0 Å². The van der Waals surface area contributed by atoms with E-state index >= 15 is 0 Å². The first-order valence-electron chi connectivity index (χ1n) is 5.34. The highest BCUT2D eigenvalue weighted by Gasteiger charge is 2.11. The maximum Gasteiger partial charge on any atom is 0.220 e. The van der Waals surface area contributed by atoms with E-state index in [-0.39, 0.29) is 10.6 Å². The van der Waals surface area contributed by atoms with Gasteiger partial charge in [0.1, 0.15) is 16.9 Å². The van der Waals surface area contributed by atoms with E-state index in [0.29, 0.717) is 17.1 Å². The molecule has 0 fully saturated rings. The summed E-state index contributed by atoms with van der Waals surface area (Å²) in [6.07, 6.45) is 1.86. The van der Waals surface area contributed by atoms with Crippen LogP contribution in [-0.4, -0.2) is 17.7 Å². The SMILES string of the molecule is CCCC(S)Oc1ccc(C(=O)S)c(OC)c1. The third-order valence-corrected chi connectivity index (χ3v) is 2.82. The summed E-state index contributed by atoms with van der Waals surface area (Å²) in [6.45, 7) is 2.07. The van der Waals surface area contributed by atoms with Crippen LogP contribution in [0.4, 0.5) is 0 Å². The molecule has 0 spiro atoms. The van der Waals surface area contributed by atoms with Crippen LogP contribution in [0.2, 0.25) is 0 Å². The number of ether oxygens (including phenoxy) is 2. The van der Waals surface area contributed by atoms with Crippen molar-refractivity contribution in [1.82, 2.24) is 0 Å². The lowest BCUT2D eigenvalue weighted by molar-refractivity contribution is 0.108. The Morgan fingerprint density at radius 1 is 1.47 bits per heavy atom. The topological polar surface area (TPSA) is 35.5 Å². The van der Waals surface area contributed by atoms with Crippen LogP contribution in [0, 0.1) is 0 Å². The minimum Gasteiger partial charge on any atom is -0.496 e. The zero-order valence-electron chi connectivity index (χ0n) is 9.84. The molecule has 0 radical (unpaired) electrons. The molecule has 0 N–H and O–H groups in total. The van der Waals surface area contributed by atoms with Crippen LogP contribution in [0.5, 0.6) is 11.5 Å². The van der Waals surface area contributed by atoms with Gasteiger partial charge in [-0.05, 0) is 18.6 Å². The molecule has 0 heterocycles. The zero-order chi connectivity index (χ0) is 12.8. The molecule has 1 rings (SSSR count). The molecule has 0 amide bonds. The van der Waals surface area contributed by atoms with E-state index in [1.165, 1.54) is 7.11 Å². The number of thiol groups is 2. The smallest absolute Gasteiger partial charge is 0.220 e. The summed E-state index contributed by atoms with van der Waals surface area (Å²) in [5.41, 5.74) is 0.275. The number of methoxy groups -OCH3 is 1. The van der Waals surface area contributed by atoms with Gasteiger partial charge in [0, 0.05) is 6.07 Å². The Hall–Kier alpha value is -0.810. The molecule has 5 heteroatoms. The molecule has 0 saturated carbocycles. The summed E-state index contributed by atoms with van der Waals surface area (Å²) in [6, 6.07) is 5.02. The average Bonchev–Trinajstić information content (AvgIpc) is 2.28. The van der Waals surface area contributed by atoms with Crippen molar-refractivity contribution in [3.8, 4) is 11.5 Å². The predicted molar refractivity (Wildman–Crippen MR) is 74.6 cm³/mol. The highest BCUT2D eigenvalue weighted by atomic mass is 32.1. The van der Waals surface area contributed by atoms with Gasteiger partial charge >= 0.3 is 0 Å².